The Bertz CT molecular complexity index is 1370. The van der Waals surface area contributed by atoms with Gasteiger partial charge in [0.25, 0.3) is 11.8 Å². The normalized spacial score (nSPS) is 18.8. The van der Waals surface area contributed by atoms with Crippen LogP contribution >= 0.6 is 0 Å². The highest BCUT2D eigenvalue weighted by Crippen LogP contribution is 2.39. The molecule has 0 saturated carbocycles. The molecule has 2 N–H and O–H groups in total. The largest absolute Gasteiger partial charge is 0.454 e. The molecule has 4 aromatic rings. The molecule has 8 heteroatoms. The second-order valence-electron chi connectivity index (χ2n) is 7.66. The van der Waals surface area contributed by atoms with Crippen molar-refractivity contribution in [1.29, 1.82) is 0 Å². The molecule has 0 radical (unpaired) electrons. The maximum Gasteiger partial charge on any atom is 0.251 e. The smallest absolute Gasteiger partial charge is 0.251 e. The highest BCUT2D eigenvalue weighted by atomic mass is 16.7. The molecule has 8 nitrogen and oxygen atoms in total. The van der Waals surface area contributed by atoms with E-state index in [1.807, 2.05) is 53.1 Å². The number of rotatable bonds is 3. The lowest BCUT2D eigenvalue weighted by Crippen LogP contribution is -2.52. The fourth-order valence-corrected chi connectivity index (χ4v) is 4.29. The van der Waals surface area contributed by atoms with Crippen LogP contribution in [-0.2, 0) is 4.79 Å². The van der Waals surface area contributed by atoms with Gasteiger partial charge in [-0.25, -0.2) is 4.98 Å². The maximum atomic E-state index is 13.2. The number of nitrogens with zero attached hydrogens (tertiary/aromatic N) is 2. The molecule has 32 heavy (non-hydrogen) atoms. The van der Waals surface area contributed by atoms with Gasteiger partial charge in [-0.2, -0.15) is 0 Å². The molecule has 0 aliphatic carbocycles. The maximum absolute atomic E-state index is 13.2. The van der Waals surface area contributed by atoms with E-state index in [0.29, 0.717) is 23.0 Å². The van der Waals surface area contributed by atoms with Gasteiger partial charge < -0.3 is 14.8 Å². The fourth-order valence-electron chi connectivity index (χ4n) is 4.29. The van der Waals surface area contributed by atoms with Crippen LogP contribution in [0.1, 0.15) is 22.0 Å². The fraction of sp³-hybridized carbons (Fsp3) is 0.125. The second kappa shape index (κ2) is 7.12. The first-order chi connectivity index (χ1) is 15.7. The molecule has 0 fully saturated rings. The number of carbonyl (C=O) groups is 2. The number of anilines is 1. The van der Waals surface area contributed by atoms with Crippen LogP contribution in [0.3, 0.4) is 0 Å². The Morgan fingerprint density at radius 3 is 2.66 bits per heavy atom. The first kappa shape index (κ1) is 18.4. The summed E-state index contributed by atoms with van der Waals surface area (Å²) in [6.07, 6.45) is 0. The summed E-state index contributed by atoms with van der Waals surface area (Å²) in [7, 11) is 0. The number of carbonyl (C=O) groups excluding carboxylic acids is 2. The van der Waals surface area contributed by atoms with Crippen molar-refractivity contribution in [1.82, 2.24) is 14.9 Å². The number of para-hydroxylation sites is 2. The summed E-state index contributed by atoms with van der Waals surface area (Å²) in [6, 6.07) is 20.6. The number of aromatic nitrogens is 2. The molecule has 3 aromatic carbocycles. The van der Waals surface area contributed by atoms with Gasteiger partial charge in [-0.15, -0.1) is 0 Å². The van der Waals surface area contributed by atoms with Gasteiger partial charge in [-0.1, -0.05) is 36.4 Å². The molecule has 0 spiro atoms. The lowest BCUT2D eigenvalue weighted by Gasteiger charge is -2.34. The zero-order chi connectivity index (χ0) is 21.7. The van der Waals surface area contributed by atoms with Crippen LogP contribution < -0.4 is 20.1 Å². The van der Waals surface area contributed by atoms with Crippen molar-refractivity contribution >= 4 is 28.8 Å². The molecular formula is C24H18N4O4. The zero-order valence-corrected chi connectivity index (χ0v) is 16.8. The molecule has 2 amide bonds. The zero-order valence-electron chi connectivity index (χ0n) is 16.8. The van der Waals surface area contributed by atoms with E-state index in [9.17, 15) is 9.59 Å². The SMILES string of the molecule is O=C(NC1C(=O)Nc2nc3ccccc3n2C1c1ccc2c(c1)OCO2)c1ccccc1. The monoisotopic (exact) mass is 426 g/mol. The van der Waals surface area contributed by atoms with Gasteiger partial charge in [0.2, 0.25) is 12.7 Å². The lowest BCUT2D eigenvalue weighted by molar-refractivity contribution is -0.119. The summed E-state index contributed by atoms with van der Waals surface area (Å²) in [6.45, 7) is 0.150. The van der Waals surface area contributed by atoms with Crippen LogP contribution in [0.4, 0.5) is 5.95 Å². The minimum absolute atomic E-state index is 0.150. The van der Waals surface area contributed by atoms with Crippen molar-refractivity contribution in [2.75, 3.05) is 12.1 Å². The molecule has 1 aromatic heterocycles. The lowest BCUT2D eigenvalue weighted by atomic mass is 9.95. The topological polar surface area (TPSA) is 94.5 Å². The van der Waals surface area contributed by atoms with E-state index in [-0.39, 0.29) is 18.6 Å². The molecule has 0 bridgehead atoms. The van der Waals surface area contributed by atoms with Gasteiger partial charge in [0.15, 0.2) is 11.5 Å². The standard InChI is InChI=1S/C24H18N4O4/c29-22(14-6-2-1-3-7-14)26-20-21(15-10-11-18-19(12-15)32-13-31-18)28-17-9-5-4-8-16(17)25-24(28)27-23(20)30/h1-12,20-21H,13H2,(H,26,29)(H,25,27,30). The van der Waals surface area contributed by atoms with Crippen LogP contribution in [0.15, 0.2) is 72.8 Å². The molecule has 2 unspecified atom stereocenters. The van der Waals surface area contributed by atoms with Gasteiger partial charge in [-0.05, 0) is 42.0 Å². The Labute approximate surface area is 182 Å². The minimum atomic E-state index is -0.867. The van der Waals surface area contributed by atoms with Crippen LogP contribution in [0.5, 0.6) is 11.5 Å². The molecule has 3 heterocycles. The van der Waals surface area contributed by atoms with Crippen molar-refractivity contribution in [2.45, 2.75) is 12.1 Å². The van der Waals surface area contributed by atoms with Crippen molar-refractivity contribution in [3.05, 3.63) is 83.9 Å². The highest BCUT2D eigenvalue weighted by molar-refractivity contribution is 6.03. The molecule has 2 aliphatic rings. The predicted octanol–water partition coefficient (Wildman–Crippen LogP) is 3.11. The number of nitrogens with one attached hydrogen (secondary N) is 2. The molecule has 158 valence electrons. The number of fused-ring (bicyclic) bond motifs is 4. The second-order valence-corrected chi connectivity index (χ2v) is 7.66. The quantitative estimate of drug-likeness (QED) is 0.525. The van der Waals surface area contributed by atoms with Gasteiger partial charge in [0, 0.05) is 5.56 Å². The van der Waals surface area contributed by atoms with E-state index in [4.69, 9.17) is 9.47 Å². The number of benzene rings is 3. The third-order valence-electron chi connectivity index (χ3n) is 5.77. The van der Waals surface area contributed by atoms with Crippen LogP contribution in [0.2, 0.25) is 0 Å². The minimum Gasteiger partial charge on any atom is -0.454 e. The number of ether oxygens (including phenoxy) is 2. The van der Waals surface area contributed by atoms with E-state index in [1.54, 1.807) is 24.3 Å². The number of imidazole rings is 1. The summed E-state index contributed by atoms with van der Waals surface area (Å²) in [5, 5.41) is 5.78. The summed E-state index contributed by atoms with van der Waals surface area (Å²) in [5.74, 6) is 1.02. The highest BCUT2D eigenvalue weighted by Gasteiger charge is 2.40. The Hall–Kier alpha value is -4.33. The summed E-state index contributed by atoms with van der Waals surface area (Å²) in [5.41, 5.74) is 2.88. The molecule has 6 rings (SSSR count). The average Bonchev–Trinajstić information content (AvgIpc) is 3.43. The van der Waals surface area contributed by atoms with E-state index < -0.39 is 12.1 Å². The first-order valence-corrected chi connectivity index (χ1v) is 10.2. The third kappa shape index (κ3) is 2.88. The predicted molar refractivity (Wildman–Crippen MR) is 117 cm³/mol. The average molecular weight is 426 g/mol. The van der Waals surface area contributed by atoms with E-state index in [0.717, 1.165) is 16.6 Å². The number of hydrogen-bond donors (Lipinski definition) is 2. The van der Waals surface area contributed by atoms with Crippen molar-refractivity contribution < 1.29 is 19.1 Å². The Morgan fingerprint density at radius 2 is 1.78 bits per heavy atom. The van der Waals surface area contributed by atoms with Crippen LogP contribution in [0, 0.1) is 0 Å². The van der Waals surface area contributed by atoms with Crippen molar-refractivity contribution in [3.63, 3.8) is 0 Å². The Morgan fingerprint density at radius 1 is 1.00 bits per heavy atom. The number of hydrogen-bond acceptors (Lipinski definition) is 5. The molecule has 2 aliphatic heterocycles. The van der Waals surface area contributed by atoms with E-state index >= 15 is 0 Å². The van der Waals surface area contributed by atoms with Gasteiger partial charge in [-0.3, -0.25) is 19.5 Å². The first-order valence-electron chi connectivity index (χ1n) is 10.2. The van der Waals surface area contributed by atoms with E-state index in [1.165, 1.54) is 0 Å². The van der Waals surface area contributed by atoms with Crippen LogP contribution in [-0.4, -0.2) is 34.2 Å². The van der Waals surface area contributed by atoms with Gasteiger partial charge >= 0.3 is 0 Å². The van der Waals surface area contributed by atoms with Gasteiger partial charge in [0.1, 0.15) is 6.04 Å². The summed E-state index contributed by atoms with van der Waals surface area (Å²) < 4.78 is 13.0. The van der Waals surface area contributed by atoms with Crippen molar-refractivity contribution in [3.8, 4) is 11.5 Å². The molecule has 2 atom stereocenters. The number of amides is 2. The van der Waals surface area contributed by atoms with Gasteiger partial charge in [0.05, 0.1) is 17.1 Å². The third-order valence-corrected chi connectivity index (χ3v) is 5.77. The molecule has 0 saturated heterocycles. The summed E-state index contributed by atoms with van der Waals surface area (Å²) >= 11 is 0. The van der Waals surface area contributed by atoms with Crippen molar-refractivity contribution in [2.24, 2.45) is 0 Å². The van der Waals surface area contributed by atoms with E-state index in [2.05, 4.69) is 15.6 Å². The Kier molecular flexibility index (Phi) is 4.10. The summed E-state index contributed by atoms with van der Waals surface area (Å²) in [4.78, 5) is 30.7. The van der Waals surface area contributed by atoms with Crippen LogP contribution in [0.25, 0.3) is 11.0 Å². The Balaban J connectivity index is 1.50. The molecular weight excluding hydrogens is 408 g/mol.